The fourth-order valence-corrected chi connectivity index (χ4v) is 4.39. The lowest BCUT2D eigenvalue weighted by molar-refractivity contribution is -0.141. The highest BCUT2D eigenvalue weighted by Gasteiger charge is 2.33. The molecular formula is C26H26ClF3N6O. The molecule has 1 aliphatic heterocycles. The zero-order valence-electron chi connectivity index (χ0n) is 20.6. The van der Waals surface area contributed by atoms with Crippen molar-refractivity contribution in [2.45, 2.75) is 38.9 Å². The Kier molecular flexibility index (Phi) is 8.39. The number of carbonyl (C=O) groups excluding carboxylic acids is 1. The summed E-state index contributed by atoms with van der Waals surface area (Å²) >= 11 is 0. The Morgan fingerprint density at radius 3 is 2.24 bits per heavy atom. The Morgan fingerprint density at radius 2 is 1.70 bits per heavy atom. The standard InChI is InChI=1S/C26H25F3N6O.ClH/c1-16-17(2)24(33-32-23(16)19-6-4-18(14-30)5-7-19)35-12-10-21(11-13-35)34(3)25(36)20-8-9-22(31-15-20)26(27,28)29;/h4-9,15,21H,10-13H2,1-3H3;1H. The van der Waals surface area contributed by atoms with Gasteiger partial charge < -0.3 is 9.80 Å². The molecule has 0 spiro atoms. The second-order valence-corrected chi connectivity index (χ2v) is 8.88. The Labute approximate surface area is 219 Å². The summed E-state index contributed by atoms with van der Waals surface area (Å²) in [6, 6.07) is 11.3. The molecule has 0 N–H and O–H groups in total. The van der Waals surface area contributed by atoms with Gasteiger partial charge in [-0.25, -0.2) is 0 Å². The number of alkyl halides is 3. The monoisotopic (exact) mass is 530 g/mol. The summed E-state index contributed by atoms with van der Waals surface area (Å²) in [5, 5.41) is 18.0. The van der Waals surface area contributed by atoms with Gasteiger partial charge in [-0.3, -0.25) is 9.78 Å². The molecule has 1 fully saturated rings. The lowest BCUT2D eigenvalue weighted by Gasteiger charge is -2.37. The number of hydrogen-bond donors (Lipinski definition) is 0. The number of nitrogens with zero attached hydrogens (tertiary/aromatic N) is 6. The van der Waals surface area contributed by atoms with E-state index in [1.807, 2.05) is 26.0 Å². The van der Waals surface area contributed by atoms with E-state index in [-0.39, 0.29) is 29.9 Å². The summed E-state index contributed by atoms with van der Waals surface area (Å²) in [6.45, 7) is 5.33. The first-order valence-electron chi connectivity index (χ1n) is 11.5. The van der Waals surface area contributed by atoms with E-state index in [9.17, 15) is 18.0 Å². The Balaban J connectivity index is 0.00000380. The van der Waals surface area contributed by atoms with Gasteiger partial charge in [-0.2, -0.15) is 18.4 Å². The molecule has 2 aromatic heterocycles. The number of amides is 1. The smallest absolute Gasteiger partial charge is 0.355 e. The van der Waals surface area contributed by atoms with E-state index in [1.54, 1.807) is 24.1 Å². The maximum atomic E-state index is 12.8. The topological polar surface area (TPSA) is 86.0 Å². The van der Waals surface area contributed by atoms with Crippen LogP contribution in [0.25, 0.3) is 11.3 Å². The van der Waals surface area contributed by atoms with Gasteiger partial charge in [-0.05, 0) is 62.1 Å². The van der Waals surface area contributed by atoms with Crippen molar-refractivity contribution >= 4 is 24.1 Å². The fourth-order valence-electron chi connectivity index (χ4n) is 4.39. The minimum atomic E-state index is -4.54. The molecule has 1 amide bonds. The maximum Gasteiger partial charge on any atom is 0.433 e. The molecule has 1 aromatic carbocycles. The maximum absolute atomic E-state index is 12.8. The highest BCUT2D eigenvalue weighted by atomic mass is 35.5. The number of pyridine rings is 1. The van der Waals surface area contributed by atoms with Crippen molar-refractivity contribution in [2.24, 2.45) is 0 Å². The van der Waals surface area contributed by atoms with Gasteiger partial charge in [0.1, 0.15) is 5.69 Å². The molecule has 4 rings (SSSR count). The van der Waals surface area contributed by atoms with Crippen LogP contribution in [0.2, 0.25) is 0 Å². The van der Waals surface area contributed by atoms with Gasteiger partial charge in [0.15, 0.2) is 5.82 Å². The van der Waals surface area contributed by atoms with Crippen LogP contribution in [0.5, 0.6) is 0 Å². The van der Waals surface area contributed by atoms with Crippen LogP contribution >= 0.6 is 12.4 Å². The number of halogens is 4. The normalized spacial score (nSPS) is 14.0. The van der Waals surface area contributed by atoms with E-state index in [0.717, 1.165) is 40.5 Å². The third-order valence-electron chi connectivity index (χ3n) is 6.72. The molecule has 0 radical (unpaired) electrons. The van der Waals surface area contributed by atoms with Crippen molar-refractivity contribution < 1.29 is 18.0 Å². The first kappa shape index (κ1) is 27.9. The van der Waals surface area contributed by atoms with Crippen LogP contribution in [0, 0.1) is 25.2 Å². The van der Waals surface area contributed by atoms with Gasteiger partial charge >= 0.3 is 6.18 Å². The van der Waals surface area contributed by atoms with E-state index in [2.05, 4.69) is 26.2 Å². The van der Waals surface area contributed by atoms with Gasteiger partial charge in [0.2, 0.25) is 0 Å². The SMILES string of the molecule is Cc1c(-c2ccc(C#N)cc2)nnc(N2CCC(N(C)C(=O)c3ccc(C(F)(F)F)nc3)CC2)c1C.Cl. The predicted octanol–water partition coefficient (Wildman–Crippen LogP) is 5.21. The number of anilines is 1. The van der Waals surface area contributed by atoms with E-state index in [0.29, 0.717) is 31.5 Å². The van der Waals surface area contributed by atoms with Gasteiger partial charge in [0.05, 0.1) is 22.9 Å². The van der Waals surface area contributed by atoms with E-state index < -0.39 is 11.9 Å². The van der Waals surface area contributed by atoms with Crippen molar-refractivity contribution in [3.8, 4) is 17.3 Å². The van der Waals surface area contributed by atoms with Crippen LogP contribution in [0.4, 0.5) is 19.0 Å². The molecule has 194 valence electrons. The Hall–Kier alpha value is -3.71. The summed E-state index contributed by atoms with van der Waals surface area (Å²) in [6.07, 6.45) is -2.18. The molecule has 0 unspecified atom stereocenters. The number of benzene rings is 1. The third-order valence-corrected chi connectivity index (χ3v) is 6.72. The Morgan fingerprint density at radius 1 is 1.05 bits per heavy atom. The van der Waals surface area contributed by atoms with E-state index >= 15 is 0 Å². The first-order valence-corrected chi connectivity index (χ1v) is 11.5. The number of hydrogen-bond acceptors (Lipinski definition) is 6. The molecular weight excluding hydrogens is 505 g/mol. The van der Waals surface area contributed by atoms with Crippen LogP contribution < -0.4 is 4.90 Å². The summed E-state index contributed by atoms with van der Waals surface area (Å²) in [5.41, 5.74) is 3.38. The highest BCUT2D eigenvalue weighted by Crippen LogP contribution is 2.31. The lowest BCUT2D eigenvalue weighted by Crippen LogP contribution is -2.46. The van der Waals surface area contributed by atoms with Crippen LogP contribution in [0.1, 0.15) is 45.6 Å². The number of aromatic nitrogens is 3. The van der Waals surface area contributed by atoms with Gasteiger partial charge in [0.25, 0.3) is 5.91 Å². The molecule has 7 nitrogen and oxygen atoms in total. The number of carbonyl (C=O) groups is 1. The van der Waals surface area contributed by atoms with Crippen molar-refractivity contribution in [1.82, 2.24) is 20.1 Å². The molecule has 1 aliphatic rings. The average molecular weight is 531 g/mol. The first-order chi connectivity index (χ1) is 17.1. The van der Waals surface area contributed by atoms with E-state index in [4.69, 9.17) is 5.26 Å². The molecule has 37 heavy (non-hydrogen) atoms. The molecule has 3 aromatic rings. The summed E-state index contributed by atoms with van der Waals surface area (Å²) in [5.74, 6) is 0.442. The van der Waals surface area contributed by atoms with Crippen LogP contribution in [0.3, 0.4) is 0 Å². The molecule has 1 saturated heterocycles. The molecule has 0 aliphatic carbocycles. The Bertz CT molecular complexity index is 1300. The van der Waals surface area contributed by atoms with Crippen molar-refractivity contribution in [3.63, 3.8) is 0 Å². The molecule has 3 heterocycles. The average Bonchev–Trinajstić information content (AvgIpc) is 2.89. The van der Waals surface area contributed by atoms with Gasteiger partial charge in [0, 0.05) is 37.9 Å². The van der Waals surface area contributed by atoms with Gasteiger partial charge in [-0.15, -0.1) is 22.6 Å². The van der Waals surface area contributed by atoms with Crippen molar-refractivity contribution in [2.75, 3.05) is 25.0 Å². The second-order valence-electron chi connectivity index (χ2n) is 8.88. The summed E-state index contributed by atoms with van der Waals surface area (Å²) < 4.78 is 38.3. The largest absolute Gasteiger partial charge is 0.433 e. The fraction of sp³-hybridized carbons (Fsp3) is 0.346. The molecule has 0 bridgehead atoms. The van der Waals surface area contributed by atoms with Crippen molar-refractivity contribution in [3.05, 3.63) is 70.5 Å². The molecule has 11 heteroatoms. The van der Waals surface area contributed by atoms with E-state index in [1.165, 1.54) is 6.07 Å². The van der Waals surface area contributed by atoms with Crippen molar-refractivity contribution in [1.29, 1.82) is 5.26 Å². The second kappa shape index (κ2) is 11.1. The van der Waals surface area contributed by atoms with Gasteiger partial charge in [-0.1, -0.05) is 12.1 Å². The number of nitriles is 1. The minimum absolute atomic E-state index is 0. The van der Waals surface area contributed by atoms with Crippen LogP contribution in [0.15, 0.2) is 42.6 Å². The lowest BCUT2D eigenvalue weighted by atomic mass is 10.00. The van der Waals surface area contributed by atoms with Crippen LogP contribution in [-0.2, 0) is 6.18 Å². The quantitative estimate of drug-likeness (QED) is 0.460. The summed E-state index contributed by atoms with van der Waals surface area (Å²) in [4.78, 5) is 19.9. The summed E-state index contributed by atoms with van der Waals surface area (Å²) in [7, 11) is 1.67. The highest BCUT2D eigenvalue weighted by molar-refractivity contribution is 5.94. The number of rotatable bonds is 4. The zero-order chi connectivity index (χ0) is 26.0. The van der Waals surface area contributed by atoms with Crippen LogP contribution in [-0.4, -0.2) is 52.2 Å². The third kappa shape index (κ3) is 5.83. The predicted molar refractivity (Wildman–Crippen MR) is 135 cm³/mol. The molecule has 0 saturated carbocycles. The zero-order valence-corrected chi connectivity index (χ0v) is 21.4. The molecule has 0 atom stereocenters. The number of piperidine rings is 1. The minimum Gasteiger partial charge on any atom is -0.355 e.